The number of carbonyl (C=O) groups excluding carboxylic acids is 1. The first-order valence-corrected chi connectivity index (χ1v) is 11.0. The predicted octanol–water partition coefficient (Wildman–Crippen LogP) is 5.33. The van der Waals surface area contributed by atoms with E-state index in [4.69, 9.17) is 9.47 Å². The van der Waals surface area contributed by atoms with E-state index < -0.39 is 0 Å². The molecule has 0 aliphatic rings. The third-order valence-corrected chi connectivity index (χ3v) is 5.97. The molecule has 0 bridgehead atoms. The Morgan fingerprint density at radius 1 is 0.969 bits per heavy atom. The molecule has 0 fully saturated rings. The van der Waals surface area contributed by atoms with Crippen molar-refractivity contribution in [2.75, 3.05) is 14.2 Å². The smallest absolute Gasteiger partial charge is 0.337 e. The van der Waals surface area contributed by atoms with Crippen molar-refractivity contribution in [2.45, 2.75) is 17.8 Å². The minimum atomic E-state index is -0.347. The lowest BCUT2D eigenvalue weighted by Crippen LogP contribution is -2.02. The van der Waals surface area contributed by atoms with Gasteiger partial charge in [0.1, 0.15) is 5.75 Å². The van der Waals surface area contributed by atoms with Crippen molar-refractivity contribution in [1.82, 2.24) is 14.8 Å². The number of methoxy groups -OCH3 is 2. The molecular formula is C25H23N3O3S. The van der Waals surface area contributed by atoms with Crippen LogP contribution in [0.1, 0.15) is 21.5 Å². The Morgan fingerprint density at radius 3 is 2.50 bits per heavy atom. The Morgan fingerprint density at radius 2 is 1.75 bits per heavy atom. The topological polar surface area (TPSA) is 66.2 Å². The van der Waals surface area contributed by atoms with Crippen LogP contribution in [0.5, 0.6) is 5.75 Å². The number of esters is 1. The normalized spacial score (nSPS) is 10.7. The van der Waals surface area contributed by atoms with E-state index in [1.807, 2.05) is 47.0 Å². The number of benzene rings is 3. The number of aromatic nitrogens is 3. The molecule has 0 amide bonds. The summed E-state index contributed by atoms with van der Waals surface area (Å²) in [5.41, 5.74) is 4.60. The van der Waals surface area contributed by atoms with Crippen LogP contribution in [-0.4, -0.2) is 35.0 Å². The molecule has 6 nitrogen and oxygen atoms in total. The maximum atomic E-state index is 11.9. The zero-order valence-electron chi connectivity index (χ0n) is 18.1. The van der Waals surface area contributed by atoms with E-state index in [0.29, 0.717) is 11.3 Å². The number of thioether (sulfide) groups is 1. The lowest BCUT2D eigenvalue weighted by atomic mass is 10.1. The molecule has 4 aromatic rings. The van der Waals surface area contributed by atoms with Gasteiger partial charge in [-0.1, -0.05) is 53.7 Å². The summed E-state index contributed by atoms with van der Waals surface area (Å²) >= 11 is 1.56. The molecule has 4 rings (SSSR count). The number of hydrogen-bond acceptors (Lipinski definition) is 6. The highest BCUT2D eigenvalue weighted by Gasteiger charge is 2.17. The van der Waals surface area contributed by atoms with Gasteiger partial charge in [0, 0.05) is 17.0 Å². The van der Waals surface area contributed by atoms with Crippen LogP contribution < -0.4 is 4.74 Å². The molecular weight excluding hydrogens is 422 g/mol. The van der Waals surface area contributed by atoms with Crippen LogP contribution >= 0.6 is 11.8 Å². The lowest BCUT2D eigenvalue weighted by Gasteiger charge is -2.11. The maximum Gasteiger partial charge on any atom is 0.337 e. The van der Waals surface area contributed by atoms with E-state index in [-0.39, 0.29) is 5.97 Å². The van der Waals surface area contributed by atoms with Gasteiger partial charge in [0.2, 0.25) is 0 Å². The minimum Gasteiger partial charge on any atom is -0.497 e. The molecule has 3 aromatic carbocycles. The number of nitrogens with zero attached hydrogens (tertiary/aromatic N) is 3. The van der Waals surface area contributed by atoms with Crippen LogP contribution in [0, 0.1) is 6.92 Å². The highest BCUT2D eigenvalue weighted by molar-refractivity contribution is 7.98. The summed E-state index contributed by atoms with van der Waals surface area (Å²) in [5, 5.41) is 9.73. The van der Waals surface area contributed by atoms with Gasteiger partial charge >= 0.3 is 5.97 Å². The van der Waals surface area contributed by atoms with Crippen LogP contribution in [0.4, 0.5) is 0 Å². The van der Waals surface area contributed by atoms with Crippen LogP contribution in [0.25, 0.3) is 17.1 Å². The summed E-state index contributed by atoms with van der Waals surface area (Å²) < 4.78 is 12.3. The van der Waals surface area contributed by atoms with Crippen LogP contribution in [-0.2, 0) is 10.5 Å². The summed E-state index contributed by atoms with van der Waals surface area (Å²) in [6, 6.07) is 23.5. The molecule has 1 heterocycles. The molecule has 0 saturated carbocycles. The number of rotatable bonds is 7. The van der Waals surface area contributed by atoms with Gasteiger partial charge in [-0.05, 0) is 48.9 Å². The van der Waals surface area contributed by atoms with Crippen molar-refractivity contribution in [1.29, 1.82) is 0 Å². The fourth-order valence-electron chi connectivity index (χ4n) is 3.29. The summed E-state index contributed by atoms with van der Waals surface area (Å²) in [7, 11) is 3.03. The van der Waals surface area contributed by atoms with E-state index in [1.165, 1.54) is 12.7 Å². The molecule has 162 valence electrons. The summed E-state index contributed by atoms with van der Waals surface area (Å²) in [5.74, 6) is 1.78. The number of ether oxygens (including phenoxy) is 2. The minimum absolute atomic E-state index is 0.347. The van der Waals surface area contributed by atoms with Crippen molar-refractivity contribution in [3.63, 3.8) is 0 Å². The molecule has 32 heavy (non-hydrogen) atoms. The number of carbonyl (C=O) groups is 1. The summed E-state index contributed by atoms with van der Waals surface area (Å²) in [6.45, 7) is 2.06. The van der Waals surface area contributed by atoms with Gasteiger partial charge in [-0.15, -0.1) is 10.2 Å². The van der Waals surface area contributed by atoms with Gasteiger partial charge < -0.3 is 9.47 Å². The quantitative estimate of drug-likeness (QED) is 0.283. The predicted molar refractivity (Wildman–Crippen MR) is 125 cm³/mol. The second-order valence-electron chi connectivity index (χ2n) is 7.19. The van der Waals surface area contributed by atoms with Crippen molar-refractivity contribution >= 4 is 17.7 Å². The Labute approximate surface area is 191 Å². The largest absolute Gasteiger partial charge is 0.497 e. The highest BCUT2D eigenvalue weighted by atomic mass is 32.2. The standard InChI is InChI=1S/C25H23N3O3S/c1-17-10-12-21(13-11-17)28-23(19-7-5-9-22(15-19)30-2)26-27-25(28)32-16-18-6-4-8-20(14-18)24(29)31-3/h4-15H,16H2,1-3H3. The second-order valence-corrected chi connectivity index (χ2v) is 8.13. The van der Waals surface area contributed by atoms with Gasteiger partial charge in [-0.2, -0.15) is 0 Å². The number of hydrogen-bond donors (Lipinski definition) is 0. The average molecular weight is 446 g/mol. The average Bonchev–Trinajstić information content (AvgIpc) is 3.27. The monoisotopic (exact) mass is 445 g/mol. The van der Waals surface area contributed by atoms with Crippen LogP contribution in [0.15, 0.2) is 78.0 Å². The molecule has 0 spiro atoms. The van der Waals surface area contributed by atoms with Gasteiger partial charge in [0.25, 0.3) is 0 Å². The van der Waals surface area contributed by atoms with E-state index in [1.54, 1.807) is 24.9 Å². The Bertz CT molecular complexity index is 1240. The Kier molecular flexibility index (Phi) is 6.56. The molecule has 0 saturated heterocycles. The summed E-state index contributed by atoms with van der Waals surface area (Å²) in [4.78, 5) is 11.9. The Hall–Kier alpha value is -3.58. The van der Waals surface area contributed by atoms with Crippen LogP contribution in [0.3, 0.4) is 0 Å². The van der Waals surface area contributed by atoms with Crippen molar-refractivity contribution in [3.8, 4) is 22.8 Å². The molecule has 0 atom stereocenters. The van der Waals surface area contributed by atoms with Crippen molar-refractivity contribution in [2.24, 2.45) is 0 Å². The second kappa shape index (κ2) is 9.70. The van der Waals surface area contributed by atoms with Crippen molar-refractivity contribution < 1.29 is 14.3 Å². The van der Waals surface area contributed by atoms with Crippen molar-refractivity contribution in [3.05, 3.63) is 89.5 Å². The Balaban J connectivity index is 1.70. The fraction of sp³-hybridized carbons (Fsp3) is 0.160. The van der Waals surface area contributed by atoms with Gasteiger partial charge in [0.05, 0.1) is 19.8 Å². The molecule has 7 heteroatoms. The molecule has 0 aliphatic carbocycles. The molecule has 0 aliphatic heterocycles. The molecule has 1 aromatic heterocycles. The maximum absolute atomic E-state index is 11.9. The SMILES string of the molecule is COC(=O)c1cccc(CSc2nnc(-c3cccc(OC)c3)n2-c2ccc(C)cc2)c1. The van der Waals surface area contributed by atoms with E-state index >= 15 is 0 Å². The first-order chi connectivity index (χ1) is 15.6. The first kappa shape index (κ1) is 21.6. The zero-order chi connectivity index (χ0) is 22.5. The molecule has 0 N–H and O–H groups in total. The van der Waals surface area contributed by atoms with E-state index in [2.05, 4.69) is 41.4 Å². The zero-order valence-corrected chi connectivity index (χ0v) is 18.9. The van der Waals surface area contributed by atoms with E-state index in [0.717, 1.165) is 33.5 Å². The fourth-order valence-corrected chi connectivity index (χ4v) is 4.19. The first-order valence-electron chi connectivity index (χ1n) is 10.1. The van der Waals surface area contributed by atoms with Crippen LogP contribution in [0.2, 0.25) is 0 Å². The third-order valence-electron chi connectivity index (χ3n) is 4.97. The lowest BCUT2D eigenvalue weighted by molar-refractivity contribution is 0.0600. The third kappa shape index (κ3) is 4.68. The van der Waals surface area contributed by atoms with Gasteiger partial charge in [-0.3, -0.25) is 4.57 Å². The van der Waals surface area contributed by atoms with E-state index in [9.17, 15) is 4.79 Å². The highest BCUT2D eigenvalue weighted by Crippen LogP contribution is 2.31. The molecule has 0 unspecified atom stereocenters. The van der Waals surface area contributed by atoms with Gasteiger partial charge in [0.15, 0.2) is 11.0 Å². The number of aryl methyl sites for hydroxylation is 1. The molecule has 0 radical (unpaired) electrons. The summed E-state index contributed by atoms with van der Waals surface area (Å²) in [6.07, 6.45) is 0. The van der Waals surface area contributed by atoms with Gasteiger partial charge in [-0.25, -0.2) is 4.79 Å².